The zero-order valence-corrected chi connectivity index (χ0v) is 22.7. The van der Waals surface area contributed by atoms with Gasteiger partial charge in [-0.05, 0) is 44.0 Å². The van der Waals surface area contributed by atoms with Crippen LogP contribution in [0, 0.1) is 17.2 Å². The summed E-state index contributed by atoms with van der Waals surface area (Å²) in [5.74, 6) is -1.55. The summed E-state index contributed by atoms with van der Waals surface area (Å²) >= 11 is 0. The van der Waals surface area contributed by atoms with Crippen molar-refractivity contribution < 1.29 is 33.0 Å². The molecule has 0 N–H and O–H groups in total. The van der Waals surface area contributed by atoms with Gasteiger partial charge in [0.05, 0.1) is 19.1 Å². The lowest BCUT2D eigenvalue weighted by atomic mass is 9.91. The molecule has 3 fully saturated rings. The molecule has 0 aliphatic carbocycles. The zero-order valence-electron chi connectivity index (χ0n) is 22.7. The van der Waals surface area contributed by atoms with Crippen molar-refractivity contribution in [1.29, 1.82) is 0 Å². The highest BCUT2D eigenvalue weighted by Crippen LogP contribution is 2.40. The molecule has 0 radical (unpaired) electrons. The predicted octanol–water partition coefficient (Wildman–Crippen LogP) is 2.83. The van der Waals surface area contributed by atoms with Crippen LogP contribution >= 0.6 is 0 Å². The molecule has 10 heteroatoms. The van der Waals surface area contributed by atoms with E-state index < -0.39 is 28.9 Å². The number of amides is 3. The van der Waals surface area contributed by atoms with Crippen molar-refractivity contribution in [3.63, 3.8) is 0 Å². The summed E-state index contributed by atoms with van der Waals surface area (Å²) < 4.78 is 25.0. The fraction of sp³-hybridized carbons (Fsp3) is 0.643. The van der Waals surface area contributed by atoms with Crippen LogP contribution in [0.2, 0.25) is 0 Å². The first-order chi connectivity index (χ1) is 18.0. The first kappa shape index (κ1) is 28.0. The first-order valence-electron chi connectivity index (χ1n) is 13.4. The average molecular weight is 532 g/mol. The standard InChI is InChI=1S/C28H38FN3O6/c1-5-37-25(35)20-10-14-30(15-11-20)24(34)22-18-38-28(12-16-31(17-13-28)26(36)27(2,3)4)32(22)23(33)19-6-8-21(29)9-7-19/h6-9,20,22H,5,10-18H2,1-4H3/t22-/m1/s1. The quantitative estimate of drug-likeness (QED) is 0.555. The molecule has 9 nitrogen and oxygen atoms in total. The van der Waals surface area contributed by atoms with Gasteiger partial charge in [-0.25, -0.2) is 4.39 Å². The van der Waals surface area contributed by atoms with Gasteiger partial charge in [0.25, 0.3) is 5.91 Å². The minimum absolute atomic E-state index is 0.0267. The molecule has 3 heterocycles. The van der Waals surface area contributed by atoms with E-state index in [9.17, 15) is 23.6 Å². The maximum Gasteiger partial charge on any atom is 0.309 e. The van der Waals surface area contributed by atoms with E-state index in [0.29, 0.717) is 58.5 Å². The third-order valence-electron chi connectivity index (χ3n) is 7.76. The van der Waals surface area contributed by atoms with Crippen LogP contribution in [-0.2, 0) is 23.9 Å². The summed E-state index contributed by atoms with van der Waals surface area (Å²) in [7, 11) is 0. The maximum absolute atomic E-state index is 13.8. The van der Waals surface area contributed by atoms with Crippen LogP contribution < -0.4 is 0 Å². The van der Waals surface area contributed by atoms with E-state index in [1.165, 1.54) is 29.2 Å². The molecule has 1 spiro atoms. The number of likely N-dealkylation sites (tertiary alicyclic amines) is 2. The Balaban J connectivity index is 1.54. The van der Waals surface area contributed by atoms with Crippen LogP contribution in [0.25, 0.3) is 0 Å². The third kappa shape index (κ3) is 5.55. The second kappa shape index (κ2) is 11.0. The molecule has 1 atom stereocenters. The summed E-state index contributed by atoms with van der Waals surface area (Å²) in [4.78, 5) is 57.6. The van der Waals surface area contributed by atoms with Crippen LogP contribution in [0.4, 0.5) is 4.39 Å². The Morgan fingerprint density at radius 1 is 1.00 bits per heavy atom. The first-order valence-corrected chi connectivity index (χ1v) is 13.4. The van der Waals surface area contributed by atoms with Gasteiger partial charge in [-0.3, -0.25) is 24.1 Å². The molecule has 3 aliphatic rings. The fourth-order valence-electron chi connectivity index (χ4n) is 5.63. The highest BCUT2D eigenvalue weighted by Gasteiger charge is 2.55. The van der Waals surface area contributed by atoms with Crippen LogP contribution in [-0.4, -0.2) is 89.6 Å². The van der Waals surface area contributed by atoms with E-state index in [1.54, 1.807) is 16.7 Å². The number of esters is 1. The number of ether oxygens (including phenoxy) is 2. The van der Waals surface area contributed by atoms with E-state index in [4.69, 9.17) is 9.47 Å². The molecule has 0 aromatic heterocycles. The van der Waals surface area contributed by atoms with Crippen molar-refractivity contribution in [2.75, 3.05) is 39.4 Å². The number of piperidine rings is 2. The molecule has 3 amide bonds. The molecule has 0 saturated carbocycles. The van der Waals surface area contributed by atoms with E-state index in [-0.39, 0.29) is 35.9 Å². The Hall–Kier alpha value is -3.01. The van der Waals surface area contributed by atoms with E-state index in [1.807, 2.05) is 20.8 Å². The monoisotopic (exact) mass is 531 g/mol. The Morgan fingerprint density at radius 2 is 1.61 bits per heavy atom. The van der Waals surface area contributed by atoms with Crippen molar-refractivity contribution in [3.8, 4) is 0 Å². The van der Waals surface area contributed by atoms with E-state index in [0.717, 1.165) is 0 Å². The molecule has 0 unspecified atom stereocenters. The van der Waals surface area contributed by atoms with Gasteiger partial charge in [0.15, 0.2) is 0 Å². The van der Waals surface area contributed by atoms with Gasteiger partial charge in [-0.1, -0.05) is 20.8 Å². The van der Waals surface area contributed by atoms with Crippen LogP contribution in [0.1, 0.15) is 63.7 Å². The summed E-state index contributed by atoms with van der Waals surface area (Å²) in [6, 6.07) is 4.41. The number of carbonyl (C=O) groups is 4. The molecular weight excluding hydrogens is 493 g/mol. The van der Waals surface area contributed by atoms with Gasteiger partial charge in [-0.15, -0.1) is 0 Å². The van der Waals surface area contributed by atoms with Gasteiger partial charge < -0.3 is 19.3 Å². The lowest BCUT2D eigenvalue weighted by Gasteiger charge is -2.46. The number of halogens is 1. The molecular formula is C28H38FN3O6. The predicted molar refractivity (Wildman–Crippen MR) is 136 cm³/mol. The molecule has 1 aromatic rings. The summed E-state index contributed by atoms with van der Waals surface area (Å²) in [5.41, 5.74) is -1.30. The highest BCUT2D eigenvalue weighted by molar-refractivity contribution is 5.98. The molecule has 1 aromatic carbocycles. The topological polar surface area (TPSA) is 96.5 Å². The largest absolute Gasteiger partial charge is 0.466 e. The zero-order chi connectivity index (χ0) is 27.7. The van der Waals surface area contributed by atoms with Gasteiger partial charge >= 0.3 is 5.97 Å². The molecule has 4 rings (SSSR count). The Kier molecular flexibility index (Phi) is 8.11. The maximum atomic E-state index is 13.8. The normalized spacial score (nSPS) is 22.0. The Morgan fingerprint density at radius 3 is 2.16 bits per heavy atom. The molecule has 3 saturated heterocycles. The van der Waals surface area contributed by atoms with Crippen molar-refractivity contribution in [1.82, 2.24) is 14.7 Å². The minimum Gasteiger partial charge on any atom is -0.466 e. The number of benzene rings is 1. The molecule has 208 valence electrons. The Bertz CT molecular complexity index is 1050. The van der Waals surface area contributed by atoms with Crippen molar-refractivity contribution in [3.05, 3.63) is 35.6 Å². The number of rotatable bonds is 4. The second-order valence-electron chi connectivity index (χ2n) is 11.3. The van der Waals surface area contributed by atoms with Gasteiger partial charge in [0.1, 0.15) is 17.6 Å². The SMILES string of the molecule is CCOC(=O)C1CCN(C(=O)[C@H]2COC3(CCN(C(=O)C(C)(C)C)CC3)N2C(=O)c2ccc(F)cc2)CC1. The van der Waals surface area contributed by atoms with Crippen LogP contribution in [0.15, 0.2) is 24.3 Å². The second-order valence-corrected chi connectivity index (χ2v) is 11.3. The molecule has 0 bridgehead atoms. The lowest BCUT2D eigenvalue weighted by molar-refractivity contribution is -0.152. The van der Waals surface area contributed by atoms with Crippen molar-refractivity contribution in [2.45, 2.75) is 65.1 Å². The van der Waals surface area contributed by atoms with Crippen molar-refractivity contribution >= 4 is 23.7 Å². The van der Waals surface area contributed by atoms with Gasteiger partial charge in [0.2, 0.25) is 11.8 Å². The molecule has 38 heavy (non-hydrogen) atoms. The number of hydrogen-bond acceptors (Lipinski definition) is 6. The van der Waals surface area contributed by atoms with Crippen LogP contribution in [0.5, 0.6) is 0 Å². The number of nitrogens with zero attached hydrogens (tertiary/aromatic N) is 3. The van der Waals surface area contributed by atoms with E-state index in [2.05, 4.69) is 0 Å². The van der Waals surface area contributed by atoms with Crippen molar-refractivity contribution in [2.24, 2.45) is 11.3 Å². The third-order valence-corrected chi connectivity index (χ3v) is 7.76. The average Bonchev–Trinajstić information content (AvgIpc) is 3.26. The lowest BCUT2D eigenvalue weighted by Crippen LogP contribution is -2.61. The summed E-state index contributed by atoms with van der Waals surface area (Å²) in [6.45, 7) is 9.31. The Labute approximate surface area is 223 Å². The minimum atomic E-state index is -1.04. The summed E-state index contributed by atoms with van der Waals surface area (Å²) in [5, 5.41) is 0. The fourth-order valence-corrected chi connectivity index (χ4v) is 5.63. The number of carbonyl (C=O) groups excluding carboxylic acids is 4. The highest BCUT2D eigenvalue weighted by atomic mass is 19.1. The van der Waals surface area contributed by atoms with Gasteiger partial charge in [0, 0.05) is 50.0 Å². The smallest absolute Gasteiger partial charge is 0.309 e. The molecule has 3 aliphatic heterocycles. The summed E-state index contributed by atoms with van der Waals surface area (Å²) in [6.07, 6.45) is 1.74. The van der Waals surface area contributed by atoms with Gasteiger partial charge in [-0.2, -0.15) is 0 Å². The van der Waals surface area contributed by atoms with Crippen LogP contribution in [0.3, 0.4) is 0 Å². The number of hydrogen-bond donors (Lipinski definition) is 0. The van der Waals surface area contributed by atoms with E-state index >= 15 is 0 Å².